The molecule has 1 fully saturated rings. The smallest absolute Gasteiger partial charge is 0.231 e. The van der Waals surface area contributed by atoms with Crippen molar-refractivity contribution in [1.82, 2.24) is 19.7 Å². The molecule has 2 aromatic heterocycles. The summed E-state index contributed by atoms with van der Waals surface area (Å²) in [6.07, 6.45) is 5.05. The number of methoxy groups -OCH3 is 1. The van der Waals surface area contributed by atoms with Crippen molar-refractivity contribution < 1.29 is 9.47 Å². The second-order valence-corrected chi connectivity index (χ2v) is 8.00. The Hall–Kier alpha value is -3.09. The number of hydrogen-bond acceptors (Lipinski definition) is 6. The lowest BCUT2D eigenvalue weighted by atomic mass is 9.73. The van der Waals surface area contributed by atoms with E-state index in [0.717, 1.165) is 62.2 Å². The van der Waals surface area contributed by atoms with Crippen molar-refractivity contribution in [2.45, 2.75) is 26.2 Å². The normalized spacial score (nSPS) is 17.7. The van der Waals surface area contributed by atoms with Crippen LogP contribution >= 0.6 is 0 Å². The molecule has 0 bridgehead atoms. The topological polar surface area (TPSA) is 65.3 Å². The van der Waals surface area contributed by atoms with Gasteiger partial charge in [0, 0.05) is 24.6 Å². The molecular weight excluding hydrogens is 366 g/mol. The fourth-order valence-corrected chi connectivity index (χ4v) is 4.46. The van der Waals surface area contributed by atoms with Crippen molar-refractivity contribution >= 4 is 5.95 Å². The molecule has 0 atom stereocenters. The Morgan fingerprint density at radius 1 is 1.07 bits per heavy atom. The molecule has 3 aromatic rings. The van der Waals surface area contributed by atoms with Crippen LogP contribution in [0.2, 0.25) is 0 Å². The predicted molar refractivity (Wildman–Crippen MR) is 110 cm³/mol. The van der Waals surface area contributed by atoms with Crippen LogP contribution in [-0.4, -0.2) is 46.6 Å². The molecule has 29 heavy (non-hydrogen) atoms. The highest BCUT2D eigenvalue weighted by atomic mass is 16.5. The zero-order valence-electron chi connectivity index (χ0n) is 16.8. The quantitative estimate of drug-likeness (QED) is 0.683. The molecule has 0 N–H and O–H groups in total. The number of rotatable bonds is 3. The molecule has 0 amide bonds. The number of fused-ring (bicyclic) bond motifs is 1. The fourth-order valence-electron chi connectivity index (χ4n) is 4.46. The number of piperidine rings is 1. The third-order valence-electron chi connectivity index (χ3n) is 6.17. The van der Waals surface area contributed by atoms with Crippen LogP contribution in [0, 0.1) is 12.3 Å². The first-order valence-corrected chi connectivity index (χ1v) is 10.1. The summed E-state index contributed by atoms with van der Waals surface area (Å²) >= 11 is 0. The largest absolute Gasteiger partial charge is 0.493 e. The standard InChI is InChI=1S/C22H25N5O2/c1-16-24-25-21(27(16)18-7-8-20(28-2)23-14-18)26-11-9-22(10-12-26)13-17-5-3-4-6-19(17)29-15-22/h3-8,14H,9-13,15H2,1-2H3. The average molecular weight is 391 g/mol. The number of benzene rings is 1. The molecule has 2 aliphatic rings. The number of nitrogens with zero attached hydrogens (tertiary/aromatic N) is 5. The van der Waals surface area contributed by atoms with E-state index in [2.05, 4.69) is 42.8 Å². The highest BCUT2D eigenvalue weighted by Gasteiger charge is 2.39. The van der Waals surface area contributed by atoms with Crippen molar-refractivity contribution in [2.75, 3.05) is 31.7 Å². The molecule has 7 nitrogen and oxygen atoms in total. The molecule has 2 aliphatic heterocycles. The van der Waals surface area contributed by atoms with E-state index in [1.165, 1.54) is 5.56 Å². The van der Waals surface area contributed by atoms with Gasteiger partial charge >= 0.3 is 0 Å². The fraction of sp³-hybridized carbons (Fsp3) is 0.409. The summed E-state index contributed by atoms with van der Waals surface area (Å²) in [6, 6.07) is 12.3. The molecule has 5 rings (SSSR count). The van der Waals surface area contributed by atoms with Gasteiger partial charge in [0.15, 0.2) is 0 Å². The van der Waals surface area contributed by atoms with Gasteiger partial charge in [-0.05, 0) is 43.9 Å². The number of aryl methyl sites for hydroxylation is 1. The van der Waals surface area contributed by atoms with E-state index in [0.29, 0.717) is 5.88 Å². The Kier molecular flexibility index (Phi) is 4.38. The molecule has 0 radical (unpaired) electrons. The van der Waals surface area contributed by atoms with Gasteiger partial charge in [-0.25, -0.2) is 4.98 Å². The van der Waals surface area contributed by atoms with Gasteiger partial charge in [0.25, 0.3) is 0 Å². The van der Waals surface area contributed by atoms with E-state index in [4.69, 9.17) is 9.47 Å². The Morgan fingerprint density at radius 2 is 1.90 bits per heavy atom. The first-order valence-electron chi connectivity index (χ1n) is 10.1. The first kappa shape index (κ1) is 18.0. The molecule has 1 saturated heterocycles. The summed E-state index contributed by atoms with van der Waals surface area (Å²) in [5.41, 5.74) is 2.49. The summed E-state index contributed by atoms with van der Waals surface area (Å²) in [6.45, 7) is 4.64. The summed E-state index contributed by atoms with van der Waals surface area (Å²) in [5, 5.41) is 8.81. The lowest BCUT2D eigenvalue weighted by Crippen LogP contribution is -2.46. The monoisotopic (exact) mass is 391 g/mol. The maximum absolute atomic E-state index is 6.10. The first-order chi connectivity index (χ1) is 14.2. The number of aromatic nitrogens is 4. The van der Waals surface area contributed by atoms with Crippen LogP contribution in [0.5, 0.6) is 11.6 Å². The Morgan fingerprint density at radius 3 is 2.66 bits per heavy atom. The molecule has 0 unspecified atom stereocenters. The molecule has 1 spiro atoms. The van der Waals surface area contributed by atoms with Gasteiger partial charge in [0.05, 0.1) is 25.6 Å². The van der Waals surface area contributed by atoms with E-state index >= 15 is 0 Å². The van der Waals surface area contributed by atoms with Gasteiger partial charge in [-0.1, -0.05) is 18.2 Å². The zero-order valence-corrected chi connectivity index (χ0v) is 16.8. The highest BCUT2D eigenvalue weighted by Crippen LogP contribution is 2.42. The average Bonchev–Trinajstić information content (AvgIpc) is 3.15. The van der Waals surface area contributed by atoms with Gasteiger partial charge in [0.1, 0.15) is 11.6 Å². The van der Waals surface area contributed by atoms with Crippen molar-refractivity contribution in [3.8, 4) is 17.3 Å². The molecular formula is C22H25N5O2. The number of para-hydroxylation sites is 1. The maximum atomic E-state index is 6.10. The SMILES string of the molecule is COc1ccc(-n2c(C)nnc2N2CCC3(CC2)COc2ccccc2C3)cn1. The number of anilines is 1. The third-order valence-corrected chi connectivity index (χ3v) is 6.17. The summed E-state index contributed by atoms with van der Waals surface area (Å²) < 4.78 is 13.3. The summed E-state index contributed by atoms with van der Waals surface area (Å²) in [7, 11) is 1.62. The predicted octanol–water partition coefficient (Wildman–Crippen LogP) is 3.20. The minimum absolute atomic E-state index is 0.215. The molecule has 1 aromatic carbocycles. The van der Waals surface area contributed by atoms with Gasteiger partial charge in [-0.2, -0.15) is 0 Å². The van der Waals surface area contributed by atoms with Crippen LogP contribution in [-0.2, 0) is 6.42 Å². The van der Waals surface area contributed by atoms with Crippen LogP contribution in [0.4, 0.5) is 5.95 Å². The second kappa shape index (κ2) is 7.06. The van der Waals surface area contributed by atoms with Crippen LogP contribution in [0.1, 0.15) is 24.2 Å². The van der Waals surface area contributed by atoms with Crippen molar-refractivity contribution in [3.05, 3.63) is 54.0 Å². The lowest BCUT2D eigenvalue weighted by molar-refractivity contribution is 0.0914. The number of ether oxygens (including phenoxy) is 2. The Bertz CT molecular complexity index is 1010. The Balaban J connectivity index is 1.35. The van der Waals surface area contributed by atoms with Gasteiger partial charge < -0.3 is 14.4 Å². The highest BCUT2D eigenvalue weighted by molar-refractivity contribution is 5.44. The molecule has 4 heterocycles. The maximum Gasteiger partial charge on any atom is 0.231 e. The summed E-state index contributed by atoms with van der Waals surface area (Å²) in [5.74, 6) is 3.37. The van der Waals surface area contributed by atoms with Crippen molar-refractivity contribution in [3.63, 3.8) is 0 Å². The lowest BCUT2D eigenvalue weighted by Gasteiger charge is -2.44. The third kappa shape index (κ3) is 3.20. The Labute approximate surface area is 170 Å². The van der Waals surface area contributed by atoms with E-state index < -0.39 is 0 Å². The van der Waals surface area contributed by atoms with Gasteiger partial charge in [-0.15, -0.1) is 10.2 Å². The summed E-state index contributed by atoms with van der Waals surface area (Å²) in [4.78, 5) is 6.67. The zero-order chi connectivity index (χ0) is 19.8. The minimum Gasteiger partial charge on any atom is -0.493 e. The van der Waals surface area contributed by atoms with Crippen LogP contribution < -0.4 is 14.4 Å². The van der Waals surface area contributed by atoms with Gasteiger partial charge in [-0.3, -0.25) is 4.57 Å². The number of hydrogen-bond donors (Lipinski definition) is 0. The minimum atomic E-state index is 0.215. The van der Waals surface area contributed by atoms with E-state index in [1.807, 2.05) is 25.1 Å². The molecule has 0 aliphatic carbocycles. The van der Waals surface area contributed by atoms with Crippen LogP contribution in [0.3, 0.4) is 0 Å². The van der Waals surface area contributed by atoms with E-state index in [9.17, 15) is 0 Å². The van der Waals surface area contributed by atoms with Crippen molar-refractivity contribution in [1.29, 1.82) is 0 Å². The van der Waals surface area contributed by atoms with Crippen LogP contribution in [0.15, 0.2) is 42.6 Å². The van der Waals surface area contributed by atoms with Crippen LogP contribution in [0.25, 0.3) is 5.69 Å². The molecule has 150 valence electrons. The molecule has 7 heteroatoms. The van der Waals surface area contributed by atoms with Gasteiger partial charge in [0.2, 0.25) is 11.8 Å². The van der Waals surface area contributed by atoms with E-state index in [-0.39, 0.29) is 5.41 Å². The second-order valence-electron chi connectivity index (χ2n) is 8.00. The van der Waals surface area contributed by atoms with E-state index in [1.54, 1.807) is 13.3 Å². The number of pyridine rings is 1. The molecule has 0 saturated carbocycles. The van der Waals surface area contributed by atoms with Crippen molar-refractivity contribution in [2.24, 2.45) is 5.41 Å².